The van der Waals surface area contributed by atoms with Gasteiger partial charge in [-0.3, -0.25) is 0 Å². The lowest BCUT2D eigenvalue weighted by Crippen LogP contribution is -1.79. The fourth-order valence-corrected chi connectivity index (χ4v) is 2.16. The highest BCUT2D eigenvalue weighted by molar-refractivity contribution is 4.81. The maximum Gasteiger partial charge on any atom is -0.0348 e. The molecule has 0 bridgehead atoms. The number of hydrogen-bond acceptors (Lipinski definition) is 0. The van der Waals surface area contributed by atoms with Gasteiger partial charge in [0.1, 0.15) is 0 Å². The molecule has 0 unspecified atom stereocenters. The molecule has 0 amide bonds. The first-order chi connectivity index (χ1) is 8.91. The quantitative estimate of drug-likeness (QED) is 0.239. The summed E-state index contributed by atoms with van der Waals surface area (Å²) in [5.41, 5.74) is 0. The minimum absolute atomic E-state index is 1.07. The van der Waals surface area contributed by atoms with Crippen molar-refractivity contribution < 1.29 is 0 Å². The van der Waals surface area contributed by atoms with Crippen LogP contribution in [0, 0.1) is 6.58 Å². The van der Waals surface area contributed by atoms with E-state index in [1.54, 1.807) is 6.08 Å². The maximum absolute atomic E-state index is 5.34. The third kappa shape index (κ3) is 15.5. The highest BCUT2D eigenvalue weighted by Crippen LogP contribution is 2.09. The summed E-state index contributed by atoms with van der Waals surface area (Å²) in [4.78, 5) is 0. The van der Waals surface area contributed by atoms with Crippen LogP contribution >= 0.6 is 0 Å². The van der Waals surface area contributed by atoms with E-state index in [-0.39, 0.29) is 0 Å². The van der Waals surface area contributed by atoms with E-state index in [0.717, 1.165) is 6.42 Å². The van der Waals surface area contributed by atoms with Crippen LogP contribution in [0.5, 0.6) is 0 Å². The van der Waals surface area contributed by atoms with Crippen molar-refractivity contribution >= 4 is 0 Å². The van der Waals surface area contributed by atoms with Crippen molar-refractivity contribution in [1.29, 1.82) is 0 Å². The molecule has 0 saturated heterocycles. The highest BCUT2D eigenvalue weighted by Gasteiger charge is 1.89. The Balaban J connectivity index is 3.02. The van der Waals surface area contributed by atoms with Crippen molar-refractivity contribution in [3.63, 3.8) is 0 Å². The number of unbranched alkanes of at least 4 members (excludes halogenated alkanes) is 11. The second kappa shape index (κ2) is 16.5. The Morgan fingerprint density at radius 3 is 1.61 bits per heavy atom. The second-order valence-corrected chi connectivity index (χ2v) is 5.26. The van der Waals surface area contributed by atoms with Gasteiger partial charge in [-0.15, -0.1) is 0 Å². The molecule has 0 rings (SSSR count). The number of rotatable bonds is 14. The Hall–Kier alpha value is -0.520. The van der Waals surface area contributed by atoms with Gasteiger partial charge >= 0.3 is 0 Å². The molecule has 0 atom stereocenters. The topological polar surface area (TPSA) is 0 Å². The second-order valence-electron chi connectivity index (χ2n) is 5.26. The molecule has 0 aliphatic rings. The van der Waals surface area contributed by atoms with Crippen LogP contribution in [-0.4, -0.2) is 0 Å². The summed E-state index contributed by atoms with van der Waals surface area (Å²) in [6.45, 7) is 7.61. The Labute approximate surface area is 116 Å². The van der Waals surface area contributed by atoms with E-state index < -0.39 is 0 Å². The van der Waals surface area contributed by atoms with Crippen molar-refractivity contribution in [3.05, 3.63) is 24.8 Å². The Morgan fingerprint density at radius 1 is 0.611 bits per heavy atom. The number of allylic oxidation sites excluding steroid dienone is 3. The zero-order valence-electron chi connectivity index (χ0n) is 12.5. The minimum atomic E-state index is 1.07. The average molecular weight is 249 g/mol. The summed E-state index contributed by atoms with van der Waals surface area (Å²) in [5, 5.41) is 0. The van der Waals surface area contributed by atoms with E-state index >= 15 is 0 Å². The lowest BCUT2D eigenvalue weighted by molar-refractivity contribution is 0.592. The molecule has 0 aliphatic heterocycles. The molecule has 0 fully saturated rings. The zero-order chi connectivity index (χ0) is 13.3. The molecule has 0 aliphatic carbocycles. The van der Waals surface area contributed by atoms with E-state index in [1.807, 2.05) is 0 Å². The van der Waals surface area contributed by atoms with Crippen LogP contribution in [0.25, 0.3) is 0 Å². The molecule has 0 nitrogen and oxygen atoms in total. The molecule has 105 valence electrons. The molecule has 0 aromatic heterocycles. The third-order valence-electron chi connectivity index (χ3n) is 3.38. The van der Waals surface area contributed by atoms with E-state index in [9.17, 15) is 0 Å². The predicted molar refractivity (Wildman–Crippen MR) is 83.7 cm³/mol. The standard InChI is InChI=1S/C18H33/c1-3-5-7-9-11-13-15-17-18-16-14-12-10-8-6-4-2/h1,3,15,17H,4-14,16,18H2,2H3. The van der Waals surface area contributed by atoms with E-state index in [1.165, 1.54) is 77.0 Å². The van der Waals surface area contributed by atoms with Crippen LogP contribution in [0.4, 0.5) is 0 Å². The summed E-state index contributed by atoms with van der Waals surface area (Å²) < 4.78 is 0. The van der Waals surface area contributed by atoms with Crippen LogP contribution in [0.15, 0.2) is 18.2 Å². The van der Waals surface area contributed by atoms with Gasteiger partial charge in [-0.05, 0) is 38.5 Å². The average Bonchev–Trinajstić information content (AvgIpc) is 2.39. The van der Waals surface area contributed by atoms with Crippen molar-refractivity contribution in [2.75, 3.05) is 0 Å². The van der Waals surface area contributed by atoms with Crippen molar-refractivity contribution in [3.8, 4) is 0 Å². The van der Waals surface area contributed by atoms with Gasteiger partial charge < -0.3 is 0 Å². The van der Waals surface area contributed by atoms with Gasteiger partial charge in [0.15, 0.2) is 0 Å². The van der Waals surface area contributed by atoms with Crippen LogP contribution in [0.2, 0.25) is 0 Å². The fourth-order valence-electron chi connectivity index (χ4n) is 2.16. The van der Waals surface area contributed by atoms with Crippen LogP contribution in [-0.2, 0) is 0 Å². The summed E-state index contributed by atoms with van der Waals surface area (Å²) in [6.07, 6.45) is 23.9. The summed E-state index contributed by atoms with van der Waals surface area (Å²) in [7, 11) is 0. The predicted octanol–water partition coefficient (Wildman–Crippen LogP) is 6.62. The largest absolute Gasteiger partial charge is 0.0885 e. The monoisotopic (exact) mass is 249 g/mol. The first-order valence-electron chi connectivity index (χ1n) is 8.10. The van der Waals surface area contributed by atoms with Crippen LogP contribution in [0.3, 0.4) is 0 Å². The van der Waals surface area contributed by atoms with Gasteiger partial charge in [-0.1, -0.05) is 76.7 Å². The summed E-state index contributed by atoms with van der Waals surface area (Å²) in [6, 6.07) is 0. The van der Waals surface area contributed by atoms with Gasteiger partial charge in [-0.25, -0.2) is 0 Å². The molecule has 0 heteroatoms. The molecule has 0 aromatic carbocycles. The van der Waals surface area contributed by atoms with Crippen molar-refractivity contribution in [2.45, 2.75) is 90.4 Å². The zero-order valence-corrected chi connectivity index (χ0v) is 12.5. The number of hydrogen-bond donors (Lipinski definition) is 0. The summed E-state index contributed by atoms with van der Waals surface area (Å²) in [5.74, 6) is 0. The molecule has 0 N–H and O–H groups in total. The molecule has 0 aromatic rings. The smallest absolute Gasteiger partial charge is 0.0348 e. The molecule has 1 radical (unpaired) electrons. The lowest BCUT2D eigenvalue weighted by atomic mass is 10.1. The molecular weight excluding hydrogens is 216 g/mol. The molecule has 0 heterocycles. The SMILES string of the molecule is [CH]=CCCCCCC=CCCCCCCCCC. The van der Waals surface area contributed by atoms with E-state index in [4.69, 9.17) is 6.58 Å². The first-order valence-corrected chi connectivity index (χ1v) is 8.10. The van der Waals surface area contributed by atoms with Crippen molar-refractivity contribution in [2.24, 2.45) is 0 Å². The van der Waals surface area contributed by atoms with Gasteiger partial charge in [-0.2, -0.15) is 0 Å². The molecule has 18 heavy (non-hydrogen) atoms. The van der Waals surface area contributed by atoms with Gasteiger partial charge in [0.2, 0.25) is 0 Å². The maximum atomic E-state index is 5.34. The normalized spacial score (nSPS) is 11.2. The fraction of sp³-hybridized carbons (Fsp3) is 0.778. The lowest BCUT2D eigenvalue weighted by Gasteiger charge is -1.99. The first kappa shape index (κ1) is 17.5. The van der Waals surface area contributed by atoms with Gasteiger partial charge in [0, 0.05) is 0 Å². The Kier molecular flexibility index (Phi) is 16.0. The summed E-state index contributed by atoms with van der Waals surface area (Å²) >= 11 is 0. The molecular formula is C18H33. The van der Waals surface area contributed by atoms with Crippen LogP contribution in [0.1, 0.15) is 90.4 Å². The highest BCUT2D eigenvalue weighted by atomic mass is 14.0. The molecule has 0 spiro atoms. The van der Waals surface area contributed by atoms with E-state index in [2.05, 4.69) is 19.1 Å². The van der Waals surface area contributed by atoms with Crippen molar-refractivity contribution in [1.82, 2.24) is 0 Å². The molecule has 0 saturated carbocycles. The van der Waals surface area contributed by atoms with Crippen LogP contribution < -0.4 is 0 Å². The van der Waals surface area contributed by atoms with Gasteiger partial charge in [0.05, 0.1) is 0 Å². The third-order valence-corrected chi connectivity index (χ3v) is 3.38. The van der Waals surface area contributed by atoms with Gasteiger partial charge in [0.25, 0.3) is 0 Å². The Morgan fingerprint density at radius 2 is 1.06 bits per heavy atom. The van der Waals surface area contributed by atoms with E-state index in [0.29, 0.717) is 0 Å². The minimum Gasteiger partial charge on any atom is -0.0885 e. The Bertz CT molecular complexity index is 178.